The second kappa shape index (κ2) is 8.91. The van der Waals surface area contributed by atoms with Crippen molar-refractivity contribution in [3.05, 3.63) is 59.1 Å². The molecule has 0 aromatic heterocycles. The van der Waals surface area contributed by atoms with Gasteiger partial charge < -0.3 is 10.1 Å². The van der Waals surface area contributed by atoms with Crippen LogP contribution in [0.2, 0.25) is 5.02 Å². The second-order valence-electron chi connectivity index (χ2n) is 5.67. The van der Waals surface area contributed by atoms with Crippen molar-refractivity contribution in [3.8, 4) is 5.75 Å². The Morgan fingerprint density at radius 1 is 1.19 bits per heavy atom. The molecular weight excluding hydrogens is 376 g/mol. The standard InChI is InChI=1S/C18H21ClN2O4S/c1-25-17-9-8-15(13-16(17)19)21(26(2,23)24)11-10-20-18(22)12-14-6-4-3-5-7-14/h3-9,13H,10-12H2,1-2H3,(H,20,22). The number of nitrogens with one attached hydrogen (secondary N) is 1. The van der Waals surface area contributed by atoms with Gasteiger partial charge in [-0.3, -0.25) is 9.10 Å². The van der Waals surface area contributed by atoms with Gasteiger partial charge in [0.25, 0.3) is 0 Å². The summed E-state index contributed by atoms with van der Waals surface area (Å²) in [5.74, 6) is 0.289. The van der Waals surface area contributed by atoms with Crippen LogP contribution in [0, 0.1) is 0 Å². The maximum absolute atomic E-state index is 12.1. The number of carbonyl (C=O) groups is 1. The zero-order chi connectivity index (χ0) is 19.2. The molecule has 0 spiro atoms. The van der Waals surface area contributed by atoms with E-state index in [4.69, 9.17) is 16.3 Å². The first-order chi connectivity index (χ1) is 12.3. The zero-order valence-corrected chi connectivity index (χ0v) is 16.2. The molecule has 140 valence electrons. The number of sulfonamides is 1. The lowest BCUT2D eigenvalue weighted by Crippen LogP contribution is -2.38. The fourth-order valence-electron chi connectivity index (χ4n) is 2.44. The van der Waals surface area contributed by atoms with Crippen LogP contribution < -0.4 is 14.4 Å². The number of benzene rings is 2. The number of nitrogens with zero attached hydrogens (tertiary/aromatic N) is 1. The molecule has 0 saturated carbocycles. The SMILES string of the molecule is COc1ccc(N(CCNC(=O)Cc2ccccc2)S(C)(=O)=O)cc1Cl. The molecule has 0 heterocycles. The molecule has 0 bridgehead atoms. The van der Waals surface area contributed by atoms with Gasteiger partial charge in [0.1, 0.15) is 5.75 Å². The minimum atomic E-state index is -3.53. The van der Waals surface area contributed by atoms with Crippen molar-refractivity contribution in [1.29, 1.82) is 0 Å². The lowest BCUT2D eigenvalue weighted by molar-refractivity contribution is -0.120. The van der Waals surface area contributed by atoms with Crippen molar-refractivity contribution in [2.75, 3.05) is 30.8 Å². The molecule has 0 unspecified atom stereocenters. The van der Waals surface area contributed by atoms with Gasteiger partial charge in [-0.1, -0.05) is 41.9 Å². The highest BCUT2D eigenvalue weighted by molar-refractivity contribution is 7.92. The summed E-state index contributed by atoms with van der Waals surface area (Å²) in [5.41, 5.74) is 1.31. The summed E-state index contributed by atoms with van der Waals surface area (Å²) < 4.78 is 30.5. The van der Waals surface area contributed by atoms with Gasteiger partial charge in [0.05, 0.1) is 37.0 Å². The molecule has 1 amide bonds. The largest absolute Gasteiger partial charge is 0.495 e. The minimum absolute atomic E-state index is 0.0992. The Bertz CT molecular complexity index is 857. The Kier molecular flexibility index (Phi) is 6.88. The molecule has 1 N–H and O–H groups in total. The molecule has 26 heavy (non-hydrogen) atoms. The van der Waals surface area contributed by atoms with Crippen LogP contribution in [0.1, 0.15) is 5.56 Å². The van der Waals surface area contributed by atoms with E-state index < -0.39 is 10.0 Å². The third kappa shape index (κ3) is 5.64. The number of hydrogen-bond donors (Lipinski definition) is 1. The number of halogens is 1. The van der Waals surface area contributed by atoms with Crippen molar-refractivity contribution < 1.29 is 17.9 Å². The lowest BCUT2D eigenvalue weighted by Gasteiger charge is -2.23. The van der Waals surface area contributed by atoms with Gasteiger partial charge in [-0.2, -0.15) is 0 Å². The van der Waals surface area contributed by atoms with E-state index in [0.717, 1.165) is 11.8 Å². The van der Waals surface area contributed by atoms with E-state index in [1.807, 2.05) is 30.3 Å². The van der Waals surface area contributed by atoms with E-state index in [1.165, 1.54) is 17.5 Å². The maximum atomic E-state index is 12.1. The van der Waals surface area contributed by atoms with Gasteiger partial charge in [0.15, 0.2) is 0 Å². The number of ether oxygens (including phenoxy) is 1. The summed E-state index contributed by atoms with van der Waals surface area (Å²) >= 11 is 6.08. The van der Waals surface area contributed by atoms with Crippen molar-refractivity contribution in [2.45, 2.75) is 6.42 Å². The van der Waals surface area contributed by atoms with Gasteiger partial charge >= 0.3 is 0 Å². The highest BCUT2D eigenvalue weighted by Crippen LogP contribution is 2.29. The molecule has 2 rings (SSSR count). The Hall–Kier alpha value is -2.25. The van der Waals surface area contributed by atoms with Crippen LogP contribution in [-0.4, -0.2) is 40.8 Å². The first-order valence-electron chi connectivity index (χ1n) is 7.93. The van der Waals surface area contributed by atoms with Crippen LogP contribution in [-0.2, 0) is 21.2 Å². The number of carbonyl (C=O) groups excluding carboxylic acids is 1. The normalized spacial score (nSPS) is 11.0. The van der Waals surface area contributed by atoms with Crippen molar-refractivity contribution >= 4 is 33.2 Å². The van der Waals surface area contributed by atoms with Crippen LogP contribution in [0.4, 0.5) is 5.69 Å². The smallest absolute Gasteiger partial charge is 0.232 e. The molecule has 0 aliphatic carbocycles. The summed E-state index contributed by atoms with van der Waals surface area (Å²) in [4.78, 5) is 12.0. The van der Waals surface area contributed by atoms with Gasteiger partial charge in [0.2, 0.25) is 15.9 Å². The third-order valence-electron chi connectivity index (χ3n) is 3.67. The average Bonchev–Trinajstić information content (AvgIpc) is 2.58. The zero-order valence-electron chi connectivity index (χ0n) is 14.6. The molecule has 2 aromatic carbocycles. The number of methoxy groups -OCH3 is 1. The number of anilines is 1. The van der Waals surface area contributed by atoms with Gasteiger partial charge in [-0.05, 0) is 23.8 Å². The van der Waals surface area contributed by atoms with Crippen LogP contribution in [0.3, 0.4) is 0 Å². The molecule has 2 aromatic rings. The molecule has 0 atom stereocenters. The lowest BCUT2D eigenvalue weighted by atomic mass is 10.1. The van der Waals surface area contributed by atoms with Gasteiger partial charge in [-0.15, -0.1) is 0 Å². The Morgan fingerprint density at radius 3 is 2.46 bits per heavy atom. The fraction of sp³-hybridized carbons (Fsp3) is 0.278. The summed E-state index contributed by atoms with van der Waals surface area (Å²) in [6, 6.07) is 14.1. The highest BCUT2D eigenvalue weighted by Gasteiger charge is 2.18. The van der Waals surface area contributed by atoms with Gasteiger partial charge in [-0.25, -0.2) is 8.42 Å². The molecule has 6 nitrogen and oxygen atoms in total. The Balaban J connectivity index is 2.01. The maximum Gasteiger partial charge on any atom is 0.232 e. The van der Waals surface area contributed by atoms with Gasteiger partial charge in [0, 0.05) is 6.54 Å². The van der Waals surface area contributed by atoms with E-state index >= 15 is 0 Å². The first-order valence-corrected chi connectivity index (χ1v) is 10.2. The summed E-state index contributed by atoms with van der Waals surface area (Å²) in [5, 5.41) is 3.05. The monoisotopic (exact) mass is 396 g/mol. The number of hydrogen-bond acceptors (Lipinski definition) is 4. The number of rotatable bonds is 8. The first kappa shape index (κ1) is 20.1. The summed E-state index contributed by atoms with van der Waals surface area (Å²) in [6.45, 7) is 0.282. The third-order valence-corrected chi connectivity index (χ3v) is 5.16. The van der Waals surface area contributed by atoms with E-state index in [-0.39, 0.29) is 25.4 Å². The van der Waals surface area contributed by atoms with E-state index in [1.54, 1.807) is 12.1 Å². The molecule has 0 saturated heterocycles. The van der Waals surface area contributed by atoms with Crippen LogP contribution in [0.5, 0.6) is 5.75 Å². The summed E-state index contributed by atoms with van der Waals surface area (Å²) in [6.07, 6.45) is 1.35. The van der Waals surface area contributed by atoms with E-state index in [0.29, 0.717) is 16.5 Å². The number of amides is 1. The molecular formula is C18H21ClN2O4S. The van der Waals surface area contributed by atoms with Crippen molar-refractivity contribution in [1.82, 2.24) is 5.32 Å². The topological polar surface area (TPSA) is 75.7 Å². The van der Waals surface area contributed by atoms with E-state index in [9.17, 15) is 13.2 Å². The second-order valence-corrected chi connectivity index (χ2v) is 7.98. The Labute approximate surface area is 158 Å². The Morgan fingerprint density at radius 2 is 1.88 bits per heavy atom. The molecule has 8 heteroatoms. The fourth-order valence-corrected chi connectivity index (χ4v) is 3.61. The molecule has 0 fully saturated rings. The van der Waals surface area contributed by atoms with Crippen LogP contribution >= 0.6 is 11.6 Å². The molecule has 0 radical (unpaired) electrons. The predicted molar refractivity (Wildman–Crippen MR) is 103 cm³/mol. The predicted octanol–water partition coefficient (Wildman–Crippen LogP) is 2.47. The minimum Gasteiger partial charge on any atom is -0.495 e. The molecule has 0 aliphatic rings. The van der Waals surface area contributed by atoms with E-state index in [2.05, 4.69) is 5.32 Å². The van der Waals surface area contributed by atoms with Crippen LogP contribution in [0.25, 0.3) is 0 Å². The van der Waals surface area contributed by atoms with Crippen molar-refractivity contribution in [3.63, 3.8) is 0 Å². The quantitative estimate of drug-likeness (QED) is 0.743. The molecule has 0 aliphatic heterocycles. The van der Waals surface area contributed by atoms with Crippen LogP contribution in [0.15, 0.2) is 48.5 Å². The van der Waals surface area contributed by atoms with Crippen molar-refractivity contribution in [2.24, 2.45) is 0 Å². The summed E-state index contributed by atoms with van der Waals surface area (Å²) in [7, 11) is -2.04. The average molecular weight is 397 g/mol. The highest BCUT2D eigenvalue weighted by atomic mass is 35.5.